The van der Waals surface area contributed by atoms with Crippen LogP contribution in [-0.2, 0) is 4.79 Å². The largest absolute Gasteiger partial charge is 0.480 e. The molecule has 0 aromatic rings. The van der Waals surface area contributed by atoms with Crippen LogP contribution in [0.15, 0.2) is 0 Å². The Morgan fingerprint density at radius 2 is 2.17 bits per heavy atom. The molecule has 1 aliphatic heterocycles. The Morgan fingerprint density at radius 1 is 1.50 bits per heavy atom. The van der Waals surface area contributed by atoms with Crippen LogP contribution in [0.1, 0.15) is 27.2 Å². The molecule has 1 heterocycles. The van der Waals surface area contributed by atoms with Crippen LogP contribution in [0.4, 0.5) is 4.79 Å². The van der Waals surface area contributed by atoms with Crippen LogP contribution in [-0.4, -0.2) is 52.1 Å². The highest BCUT2D eigenvalue weighted by Gasteiger charge is 2.28. The van der Waals surface area contributed by atoms with Crippen LogP contribution in [0.2, 0.25) is 0 Å². The first kappa shape index (κ1) is 15.1. The summed E-state index contributed by atoms with van der Waals surface area (Å²) in [7, 11) is 0. The smallest absolute Gasteiger partial charge is 0.326 e. The highest BCUT2D eigenvalue weighted by Crippen LogP contribution is 2.21. The number of carbonyl (C=O) groups is 2. The summed E-state index contributed by atoms with van der Waals surface area (Å²) in [4.78, 5) is 24.8. The maximum Gasteiger partial charge on any atom is 0.326 e. The maximum atomic E-state index is 12.0. The fourth-order valence-corrected chi connectivity index (χ4v) is 3.07. The number of nitrogens with zero attached hydrogens (tertiary/aromatic N) is 1. The summed E-state index contributed by atoms with van der Waals surface area (Å²) in [5, 5.41) is 12.1. The summed E-state index contributed by atoms with van der Waals surface area (Å²) < 4.78 is 0. The number of nitrogens with one attached hydrogen (secondary N) is 1. The van der Waals surface area contributed by atoms with Crippen molar-refractivity contribution in [1.29, 1.82) is 0 Å². The predicted octanol–water partition coefficient (Wildman–Crippen LogP) is 1.63. The van der Waals surface area contributed by atoms with Crippen LogP contribution in [0.3, 0.4) is 0 Å². The molecule has 0 saturated carbocycles. The van der Waals surface area contributed by atoms with Crippen LogP contribution in [0.25, 0.3) is 0 Å². The molecule has 0 radical (unpaired) electrons. The fraction of sp³-hybridized carbons (Fsp3) is 0.833. The summed E-state index contributed by atoms with van der Waals surface area (Å²) in [6.07, 6.45) is 1.03. The van der Waals surface area contributed by atoms with E-state index in [0.29, 0.717) is 18.3 Å². The molecule has 1 saturated heterocycles. The Kier molecular flexibility index (Phi) is 5.78. The average Bonchev–Trinajstić information content (AvgIpc) is 2.34. The lowest BCUT2D eigenvalue weighted by Crippen LogP contribution is -2.53. The molecule has 0 bridgehead atoms. The zero-order valence-corrected chi connectivity index (χ0v) is 12.0. The lowest BCUT2D eigenvalue weighted by Gasteiger charge is -2.33. The van der Waals surface area contributed by atoms with Crippen molar-refractivity contribution in [3.63, 3.8) is 0 Å². The van der Waals surface area contributed by atoms with Gasteiger partial charge in [-0.1, -0.05) is 20.8 Å². The number of thioether (sulfide) groups is 1. The summed E-state index contributed by atoms with van der Waals surface area (Å²) in [6.45, 7) is 7.09. The fourth-order valence-electron chi connectivity index (χ4n) is 1.89. The second kappa shape index (κ2) is 6.87. The average molecular weight is 274 g/mol. The van der Waals surface area contributed by atoms with Crippen molar-refractivity contribution in [2.45, 2.75) is 38.5 Å². The maximum absolute atomic E-state index is 12.0. The molecule has 18 heavy (non-hydrogen) atoms. The molecule has 0 aromatic carbocycles. The molecule has 1 unspecified atom stereocenters. The molecular weight excluding hydrogens is 252 g/mol. The van der Waals surface area contributed by atoms with Gasteiger partial charge in [0.2, 0.25) is 0 Å². The van der Waals surface area contributed by atoms with Crippen molar-refractivity contribution in [3.05, 3.63) is 0 Å². The van der Waals surface area contributed by atoms with Crippen LogP contribution in [0, 0.1) is 5.92 Å². The van der Waals surface area contributed by atoms with Gasteiger partial charge in [-0.3, -0.25) is 0 Å². The third kappa shape index (κ3) is 4.08. The van der Waals surface area contributed by atoms with Crippen LogP contribution < -0.4 is 5.32 Å². The molecule has 104 valence electrons. The molecule has 2 atom stereocenters. The number of carbonyl (C=O) groups excluding carboxylic acids is 1. The molecule has 1 fully saturated rings. The minimum absolute atomic E-state index is 0.118. The molecule has 1 aliphatic rings. The SMILES string of the molecule is CCC1CN(C(=O)N[C@H](C(=O)O)C(C)C)CCS1. The highest BCUT2D eigenvalue weighted by atomic mass is 32.2. The molecule has 2 N–H and O–H groups in total. The van der Waals surface area contributed by atoms with Gasteiger partial charge in [0.05, 0.1) is 0 Å². The van der Waals surface area contributed by atoms with Gasteiger partial charge in [0, 0.05) is 24.1 Å². The van der Waals surface area contributed by atoms with E-state index in [0.717, 1.165) is 12.2 Å². The summed E-state index contributed by atoms with van der Waals surface area (Å²) in [5.41, 5.74) is 0. The van der Waals surface area contributed by atoms with Gasteiger partial charge in [-0.2, -0.15) is 11.8 Å². The number of carboxylic acid groups (broad SMARTS) is 1. The van der Waals surface area contributed by atoms with Gasteiger partial charge in [0.15, 0.2) is 0 Å². The Hall–Kier alpha value is -0.910. The summed E-state index contributed by atoms with van der Waals surface area (Å²) >= 11 is 1.88. The Labute approximate surface area is 112 Å². The quantitative estimate of drug-likeness (QED) is 0.817. The van der Waals surface area contributed by atoms with E-state index in [9.17, 15) is 9.59 Å². The normalized spacial score (nSPS) is 21.8. The number of hydrogen-bond donors (Lipinski definition) is 2. The topological polar surface area (TPSA) is 69.6 Å². The third-order valence-electron chi connectivity index (χ3n) is 3.09. The molecule has 2 amide bonds. The van der Waals surface area contributed by atoms with Crippen LogP contribution in [0.5, 0.6) is 0 Å². The Balaban J connectivity index is 2.55. The van der Waals surface area contributed by atoms with Crippen LogP contribution >= 0.6 is 11.8 Å². The molecule has 0 aliphatic carbocycles. The van der Waals surface area contributed by atoms with E-state index in [1.807, 2.05) is 11.8 Å². The van der Waals surface area contributed by atoms with Crippen molar-refractivity contribution in [2.24, 2.45) is 5.92 Å². The first-order valence-corrected chi connectivity index (χ1v) is 7.40. The van der Waals surface area contributed by atoms with Gasteiger partial charge in [0.1, 0.15) is 6.04 Å². The molecular formula is C12H22N2O3S. The van der Waals surface area contributed by atoms with E-state index >= 15 is 0 Å². The number of carboxylic acids is 1. The van der Waals surface area contributed by atoms with Crippen molar-refractivity contribution >= 4 is 23.8 Å². The van der Waals surface area contributed by atoms with Crippen molar-refractivity contribution in [1.82, 2.24) is 10.2 Å². The zero-order valence-electron chi connectivity index (χ0n) is 11.2. The lowest BCUT2D eigenvalue weighted by atomic mass is 10.1. The molecule has 5 nitrogen and oxygen atoms in total. The summed E-state index contributed by atoms with van der Waals surface area (Å²) in [5.74, 6) is -0.171. The monoisotopic (exact) mass is 274 g/mol. The van der Waals surface area contributed by atoms with Crippen molar-refractivity contribution in [2.75, 3.05) is 18.8 Å². The van der Waals surface area contributed by atoms with Crippen molar-refractivity contribution < 1.29 is 14.7 Å². The number of urea groups is 1. The van der Waals surface area contributed by atoms with E-state index in [-0.39, 0.29) is 11.9 Å². The molecule has 0 aromatic heterocycles. The van der Waals surface area contributed by atoms with Gasteiger partial charge in [-0.25, -0.2) is 9.59 Å². The lowest BCUT2D eigenvalue weighted by molar-refractivity contribution is -0.140. The van der Waals surface area contributed by atoms with Gasteiger partial charge >= 0.3 is 12.0 Å². The Bertz CT molecular complexity index is 310. The van der Waals surface area contributed by atoms with E-state index in [1.54, 1.807) is 18.7 Å². The second-order valence-electron chi connectivity index (χ2n) is 4.86. The molecule has 1 rings (SSSR count). The standard InChI is InChI=1S/C12H22N2O3S/c1-4-9-7-14(5-6-18-9)12(17)13-10(8(2)3)11(15)16/h8-10H,4-7H2,1-3H3,(H,13,17)(H,15,16)/t9?,10-/m0/s1. The number of amides is 2. The van der Waals surface area contributed by atoms with Gasteiger partial charge in [-0.05, 0) is 12.3 Å². The third-order valence-corrected chi connectivity index (χ3v) is 4.47. The van der Waals surface area contributed by atoms with E-state index in [4.69, 9.17) is 5.11 Å². The highest BCUT2D eigenvalue weighted by molar-refractivity contribution is 8.00. The minimum Gasteiger partial charge on any atom is -0.480 e. The van der Waals surface area contributed by atoms with E-state index in [1.165, 1.54) is 0 Å². The molecule has 0 spiro atoms. The van der Waals surface area contributed by atoms with E-state index in [2.05, 4.69) is 12.2 Å². The van der Waals surface area contributed by atoms with Crippen molar-refractivity contribution in [3.8, 4) is 0 Å². The number of hydrogen-bond acceptors (Lipinski definition) is 3. The predicted molar refractivity (Wildman–Crippen MR) is 72.9 cm³/mol. The minimum atomic E-state index is -0.975. The van der Waals surface area contributed by atoms with Gasteiger partial charge in [0.25, 0.3) is 0 Å². The first-order chi connectivity index (χ1) is 8.45. The Morgan fingerprint density at radius 3 is 2.67 bits per heavy atom. The second-order valence-corrected chi connectivity index (χ2v) is 6.26. The summed E-state index contributed by atoms with van der Waals surface area (Å²) in [6, 6.07) is -1.07. The van der Waals surface area contributed by atoms with Gasteiger partial charge < -0.3 is 15.3 Å². The zero-order chi connectivity index (χ0) is 13.7. The number of aliphatic carboxylic acids is 1. The van der Waals surface area contributed by atoms with E-state index < -0.39 is 12.0 Å². The number of rotatable bonds is 4. The molecule has 6 heteroatoms. The first-order valence-electron chi connectivity index (χ1n) is 6.35. The van der Waals surface area contributed by atoms with Gasteiger partial charge in [-0.15, -0.1) is 0 Å².